The Morgan fingerprint density at radius 1 is 1.24 bits per heavy atom. The number of likely N-dealkylation sites (N-methyl/N-ethyl adjacent to an activating group) is 1. The van der Waals surface area contributed by atoms with Crippen LogP contribution < -0.4 is 0 Å². The number of hydrogen-bond acceptors (Lipinski definition) is 3. The van der Waals surface area contributed by atoms with Gasteiger partial charge in [0.2, 0.25) is 15.9 Å². The lowest BCUT2D eigenvalue weighted by Crippen LogP contribution is -2.42. The molecule has 140 valence electrons. The average molecular weight is 378 g/mol. The van der Waals surface area contributed by atoms with E-state index in [0.29, 0.717) is 19.2 Å². The predicted molar refractivity (Wildman–Crippen MR) is 88.3 cm³/mol. The Kier molecular flexibility index (Phi) is 7.18. The minimum atomic E-state index is -4.66. The number of carbonyl (C=O) groups excluding carboxylic acids is 1. The highest BCUT2D eigenvalue weighted by Gasteiger charge is 2.33. The van der Waals surface area contributed by atoms with Gasteiger partial charge in [0.25, 0.3) is 0 Å². The Labute approximate surface area is 145 Å². The summed E-state index contributed by atoms with van der Waals surface area (Å²) in [6, 6.07) is 3.45. The topological polar surface area (TPSA) is 57.7 Å². The maximum Gasteiger partial charge on any atom is 0.416 e. The molecule has 0 unspecified atom stereocenters. The second-order valence-corrected chi connectivity index (χ2v) is 7.12. The number of hydrogen-bond donors (Lipinski definition) is 0. The highest BCUT2D eigenvalue weighted by atomic mass is 32.2. The van der Waals surface area contributed by atoms with Crippen molar-refractivity contribution in [3.8, 4) is 0 Å². The van der Waals surface area contributed by atoms with Gasteiger partial charge in [0, 0.05) is 19.6 Å². The van der Waals surface area contributed by atoms with Crippen LogP contribution in [0.5, 0.6) is 0 Å². The molecule has 1 rings (SSSR count). The maximum atomic E-state index is 12.8. The fourth-order valence-electron chi connectivity index (χ4n) is 2.20. The summed E-state index contributed by atoms with van der Waals surface area (Å²) in [5.41, 5.74) is -1.07. The number of benzene rings is 1. The van der Waals surface area contributed by atoms with E-state index in [1.54, 1.807) is 13.8 Å². The third-order valence-electron chi connectivity index (χ3n) is 3.56. The molecule has 0 saturated heterocycles. The van der Waals surface area contributed by atoms with Crippen LogP contribution in [-0.4, -0.2) is 49.7 Å². The van der Waals surface area contributed by atoms with Crippen LogP contribution in [0, 0.1) is 0 Å². The summed E-state index contributed by atoms with van der Waals surface area (Å²) in [6.07, 6.45) is -3.38. The van der Waals surface area contributed by atoms with E-state index in [1.807, 2.05) is 0 Å². The quantitative estimate of drug-likeness (QED) is 0.654. The Morgan fingerprint density at radius 2 is 1.84 bits per heavy atom. The van der Waals surface area contributed by atoms with Gasteiger partial charge in [-0.1, -0.05) is 12.1 Å². The van der Waals surface area contributed by atoms with Gasteiger partial charge in [0.1, 0.15) is 0 Å². The van der Waals surface area contributed by atoms with E-state index in [0.717, 1.165) is 22.5 Å². The van der Waals surface area contributed by atoms with Crippen molar-refractivity contribution in [2.75, 3.05) is 26.2 Å². The fourth-order valence-corrected chi connectivity index (χ4v) is 3.61. The lowest BCUT2D eigenvalue weighted by molar-refractivity contribution is -0.137. The molecule has 0 bridgehead atoms. The van der Waals surface area contributed by atoms with Crippen LogP contribution in [0.25, 0.3) is 0 Å². The van der Waals surface area contributed by atoms with Crippen molar-refractivity contribution >= 4 is 15.9 Å². The van der Waals surface area contributed by atoms with Crippen molar-refractivity contribution in [1.82, 2.24) is 9.21 Å². The van der Waals surface area contributed by atoms with Crippen molar-refractivity contribution in [3.63, 3.8) is 0 Å². The first-order chi connectivity index (χ1) is 11.6. The molecule has 0 aliphatic heterocycles. The van der Waals surface area contributed by atoms with Crippen molar-refractivity contribution < 1.29 is 26.4 Å². The zero-order valence-corrected chi connectivity index (χ0v) is 14.9. The van der Waals surface area contributed by atoms with E-state index in [2.05, 4.69) is 6.58 Å². The van der Waals surface area contributed by atoms with E-state index >= 15 is 0 Å². The summed E-state index contributed by atoms with van der Waals surface area (Å²) in [5.74, 6) is -0.428. The summed E-state index contributed by atoms with van der Waals surface area (Å²) >= 11 is 0. The van der Waals surface area contributed by atoms with Gasteiger partial charge in [0.15, 0.2) is 0 Å². The Balaban J connectivity index is 3.22. The molecule has 0 N–H and O–H groups in total. The van der Waals surface area contributed by atoms with Crippen LogP contribution in [0.3, 0.4) is 0 Å². The van der Waals surface area contributed by atoms with Crippen molar-refractivity contribution in [3.05, 3.63) is 42.5 Å². The van der Waals surface area contributed by atoms with Crippen molar-refractivity contribution in [2.24, 2.45) is 0 Å². The predicted octanol–water partition coefficient (Wildman–Crippen LogP) is 2.75. The molecular weight excluding hydrogens is 357 g/mol. The molecule has 0 aliphatic rings. The van der Waals surface area contributed by atoms with Crippen LogP contribution in [0.4, 0.5) is 13.2 Å². The fraction of sp³-hybridized carbons (Fsp3) is 0.438. The van der Waals surface area contributed by atoms with E-state index < -0.39 is 39.1 Å². The first kappa shape index (κ1) is 21.2. The molecule has 9 heteroatoms. The van der Waals surface area contributed by atoms with E-state index in [1.165, 1.54) is 11.0 Å². The normalized spacial score (nSPS) is 12.2. The minimum Gasteiger partial charge on any atom is -0.342 e. The van der Waals surface area contributed by atoms with Crippen molar-refractivity contribution in [2.45, 2.75) is 24.9 Å². The Morgan fingerprint density at radius 3 is 2.32 bits per heavy atom. The summed E-state index contributed by atoms with van der Waals surface area (Å²) < 4.78 is 64.7. The third-order valence-corrected chi connectivity index (χ3v) is 5.37. The molecule has 1 aromatic rings. The number of sulfonamides is 1. The number of carbonyl (C=O) groups is 1. The summed E-state index contributed by atoms with van der Waals surface area (Å²) in [7, 11) is -4.28. The molecule has 1 amide bonds. The molecule has 0 aromatic heterocycles. The van der Waals surface area contributed by atoms with Gasteiger partial charge in [-0.15, -0.1) is 6.58 Å². The Bertz CT molecular complexity index is 714. The largest absolute Gasteiger partial charge is 0.416 e. The van der Waals surface area contributed by atoms with Gasteiger partial charge in [-0.05, 0) is 32.0 Å². The number of amides is 1. The molecule has 5 nitrogen and oxygen atoms in total. The molecule has 0 fully saturated rings. The smallest absolute Gasteiger partial charge is 0.342 e. The molecule has 0 atom stereocenters. The van der Waals surface area contributed by atoms with E-state index in [4.69, 9.17) is 0 Å². The molecular formula is C16H21F3N2O3S. The number of alkyl halides is 3. The van der Waals surface area contributed by atoms with Gasteiger partial charge in [-0.25, -0.2) is 8.42 Å². The van der Waals surface area contributed by atoms with Crippen LogP contribution in [-0.2, 0) is 21.0 Å². The zero-order chi connectivity index (χ0) is 19.3. The molecule has 0 heterocycles. The number of nitrogens with zero attached hydrogens (tertiary/aromatic N) is 2. The first-order valence-corrected chi connectivity index (χ1v) is 9.08. The van der Waals surface area contributed by atoms with Crippen LogP contribution in [0.2, 0.25) is 0 Å². The number of rotatable bonds is 8. The average Bonchev–Trinajstić information content (AvgIpc) is 2.55. The van der Waals surface area contributed by atoms with E-state index in [9.17, 15) is 26.4 Å². The van der Waals surface area contributed by atoms with Crippen molar-refractivity contribution in [1.29, 1.82) is 0 Å². The van der Waals surface area contributed by atoms with Gasteiger partial charge in [-0.3, -0.25) is 4.79 Å². The lowest BCUT2D eigenvalue weighted by Gasteiger charge is -2.25. The second-order valence-electron chi connectivity index (χ2n) is 5.18. The van der Waals surface area contributed by atoms with Gasteiger partial charge in [0.05, 0.1) is 17.0 Å². The highest BCUT2D eigenvalue weighted by Crippen LogP contribution is 2.31. The van der Waals surface area contributed by atoms with Crippen LogP contribution >= 0.6 is 0 Å². The maximum absolute atomic E-state index is 12.8. The summed E-state index contributed by atoms with van der Waals surface area (Å²) in [4.78, 5) is 13.1. The van der Waals surface area contributed by atoms with E-state index in [-0.39, 0.29) is 6.54 Å². The third kappa shape index (κ3) is 5.30. The molecule has 0 radical (unpaired) electrons. The molecule has 0 spiro atoms. The molecule has 0 aliphatic carbocycles. The molecule has 0 saturated carbocycles. The first-order valence-electron chi connectivity index (χ1n) is 7.64. The highest BCUT2D eigenvalue weighted by molar-refractivity contribution is 7.89. The zero-order valence-electron chi connectivity index (χ0n) is 14.1. The standard InChI is InChI=1S/C16H21F3N2O3S/c1-4-10-21(12-15(22)20(5-2)6-3)25(23,24)14-9-7-8-13(11-14)16(17,18)19/h4,7-9,11H,1,5-6,10,12H2,2-3H3. The Hall–Kier alpha value is -1.87. The van der Waals surface area contributed by atoms with Gasteiger partial charge >= 0.3 is 6.18 Å². The minimum absolute atomic E-state index is 0.189. The SMILES string of the molecule is C=CCN(CC(=O)N(CC)CC)S(=O)(=O)c1cccc(C(F)(F)F)c1. The van der Waals surface area contributed by atoms with Crippen LogP contribution in [0.1, 0.15) is 19.4 Å². The monoisotopic (exact) mass is 378 g/mol. The van der Waals surface area contributed by atoms with Gasteiger partial charge < -0.3 is 4.90 Å². The molecule has 1 aromatic carbocycles. The lowest BCUT2D eigenvalue weighted by atomic mass is 10.2. The number of halogens is 3. The summed E-state index contributed by atoms with van der Waals surface area (Å²) in [5, 5.41) is 0. The molecule has 25 heavy (non-hydrogen) atoms. The summed E-state index contributed by atoms with van der Waals surface area (Å²) in [6.45, 7) is 7.10. The second kappa shape index (κ2) is 8.48. The van der Waals surface area contributed by atoms with Crippen LogP contribution in [0.15, 0.2) is 41.8 Å². The van der Waals surface area contributed by atoms with Gasteiger partial charge in [-0.2, -0.15) is 17.5 Å².